The predicted molar refractivity (Wildman–Crippen MR) is 75.1 cm³/mol. The Morgan fingerprint density at radius 2 is 2.11 bits per heavy atom. The van der Waals surface area contributed by atoms with Crippen molar-refractivity contribution in [2.45, 2.75) is 33.6 Å². The third-order valence-electron chi connectivity index (χ3n) is 3.07. The molecule has 0 radical (unpaired) electrons. The lowest BCUT2D eigenvalue weighted by molar-refractivity contribution is 0.0982. The highest BCUT2D eigenvalue weighted by Gasteiger charge is 2.18. The van der Waals surface area contributed by atoms with E-state index < -0.39 is 0 Å². The van der Waals surface area contributed by atoms with Gasteiger partial charge in [0.2, 0.25) is 0 Å². The minimum atomic E-state index is 0.0229. The van der Waals surface area contributed by atoms with E-state index in [-0.39, 0.29) is 5.78 Å². The second kappa shape index (κ2) is 5.53. The minimum absolute atomic E-state index is 0.0229. The number of aryl methyl sites for hydroxylation is 1. The fourth-order valence-electron chi connectivity index (χ4n) is 2.05. The number of hydrogen-bond acceptors (Lipinski definition) is 3. The van der Waals surface area contributed by atoms with Gasteiger partial charge >= 0.3 is 0 Å². The Hall–Kier alpha value is -1.68. The maximum Gasteiger partial charge on any atom is 0.184 e. The first-order valence-electron chi connectivity index (χ1n) is 6.32. The molecular weight excluding hydrogens is 262 g/mol. The molecule has 0 atom stereocenters. The monoisotopic (exact) mass is 277 g/mol. The van der Waals surface area contributed by atoms with Gasteiger partial charge in [-0.15, -0.1) is 5.10 Å². The van der Waals surface area contributed by atoms with Crippen LogP contribution in [0.3, 0.4) is 0 Å². The maximum atomic E-state index is 11.8. The number of nitrogens with zero attached hydrogens (tertiary/aromatic N) is 3. The van der Waals surface area contributed by atoms with Gasteiger partial charge in [0.05, 0.1) is 11.4 Å². The van der Waals surface area contributed by atoms with Crippen LogP contribution in [0.1, 0.15) is 42.0 Å². The smallest absolute Gasteiger partial charge is 0.184 e. The normalized spacial score (nSPS) is 10.7. The fraction of sp³-hybridized carbons (Fsp3) is 0.357. The van der Waals surface area contributed by atoms with Crippen molar-refractivity contribution in [3.63, 3.8) is 0 Å². The molecule has 0 fully saturated rings. The van der Waals surface area contributed by atoms with E-state index in [0.717, 1.165) is 16.9 Å². The summed E-state index contributed by atoms with van der Waals surface area (Å²) in [5, 5.41) is 8.83. The van der Waals surface area contributed by atoms with Gasteiger partial charge in [-0.25, -0.2) is 4.68 Å². The Balaban J connectivity index is 2.57. The summed E-state index contributed by atoms with van der Waals surface area (Å²) >= 11 is 5.96. The molecule has 1 aromatic heterocycles. The Bertz CT molecular complexity index is 619. The molecule has 100 valence electrons. The molecular formula is C14H16ClN3O. The Kier molecular flexibility index (Phi) is 4.00. The molecule has 0 aliphatic carbocycles. The van der Waals surface area contributed by atoms with Gasteiger partial charge in [-0.3, -0.25) is 4.79 Å². The van der Waals surface area contributed by atoms with Crippen molar-refractivity contribution in [2.75, 3.05) is 0 Å². The van der Waals surface area contributed by atoms with Crippen molar-refractivity contribution in [3.05, 3.63) is 40.2 Å². The van der Waals surface area contributed by atoms with Gasteiger partial charge in [-0.05, 0) is 37.1 Å². The summed E-state index contributed by atoms with van der Waals surface area (Å²) in [6.07, 6.45) is 1.14. The lowest BCUT2D eigenvalue weighted by atomic mass is 10.1. The summed E-state index contributed by atoms with van der Waals surface area (Å²) in [5.41, 5.74) is 3.23. The van der Waals surface area contributed by atoms with Gasteiger partial charge in [0.1, 0.15) is 0 Å². The van der Waals surface area contributed by atoms with E-state index in [0.29, 0.717) is 23.6 Å². The highest BCUT2D eigenvalue weighted by atomic mass is 35.5. The van der Waals surface area contributed by atoms with E-state index in [2.05, 4.69) is 10.3 Å². The first-order valence-corrected chi connectivity index (χ1v) is 6.70. The van der Waals surface area contributed by atoms with Crippen LogP contribution in [0, 0.1) is 6.92 Å². The van der Waals surface area contributed by atoms with E-state index in [1.807, 2.05) is 39.0 Å². The molecule has 0 saturated heterocycles. The number of aromatic nitrogens is 3. The Morgan fingerprint density at radius 1 is 1.37 bits per heavy atom. The molecule has 0 amide bonds. The van der Waals surface area contributed by atoms with E-state index >= 15 is 0 Å². The lowest BCUT2D eigenvalue weighted by Crippen LogP contribution is -2.07. The van der Waals surface area contributed by atoms with Gasteiger partial charge in [-0.1, -0.05) is 30.7 Å². The van der Waals surface area contributed by atoms with Crippen molar-refractivity contribution in [3.8, 4) is 5.69 Å². The molecule has 0 saturated carbocycles. The van der Waals surface area contributed by atoms with Crippen LogP contribution in [0.5, 0.6) is 0 Å². The third kappa shape index (κ3) is 2.54. The standard InChI is InChI=1S/C14H16ClN3O/c1-4-11-14(13(19)5-2)16-17-18(11)12-7-6-10(15)8-9(12)3/h6-8H,4-5H2,1-3H3. The number of hydrogen-bond donors (Lipinski definition) is 0. The molecule has 0 aliphatic rings. The number of carbonyl (C=O) groups is 1. The molecule has 4 nitrogen and oxygen atoms in total. The van der Waals surface area contributed by atoms with Crippen molar-refractivity contribution < 1.29 is 4.79 Å². The Morgan fingerprint density at radius 3 is 2.68 bits per heavy atom. The van der Waals surface area contributed by atoms with Crippen LogP contribution in [0.2, 0.25) is 5.02 Å². The second-order valence-corrected chi connectivity index (χ2v) is 4.79. The maximum absolute atomic E-state index is 11.8. The topological polar surface area (TPSA) is 47.8 Å². The zero-order chi connectivity index (χ0) is 14.0. The predicted octanol–water partition coefficient (Wildman–Crippen LogP) is 3.38. The van der Waals surface area contributed by atoms with Crippen LogP contribution < -0.4 is 0 Å². The number of benzene rings is 1. The van der Waals surface area contributed by atoms with Gasteiger partial charge in [0.25, 0.3) is 0 Å². The largest absolute Gasteiger partial charge is 0.292 e. The Labute approximate surface area is 117 Å². The zero-order valence-corrected chi connectivity index (χ0v) is 12.0. The second-order valence-electron chi connectivity index (χ2n) is 4.36. The number of Topliss-reactive ketones (excluding diaryl/α,β-unsaturated/α-hetero) is 1. The van der Waals surface area contributed by atoms with E-state index in [1.54, 1.807) is 4.68 Å². The summed E-state index contributed by atoms with van der Waals surface area (Å²) in [6.45, 7) is 5.78. The molecule has 0 spiro atoms. The van der Waals surface area contributed by atoms with E-state index in [1.165, 1.54) is 0 Å². The lowest BCUT2D eigenvalue weighted by Gasteiger charge is -2.09. The highest BCUT2D eigenvalue weighted by Crippen LogP contribution is 2.21. The number of ketones is 1. The molecule has 19 heavy (non-hydrogen) atoms. The molecule has 0 unspecified atom stereocenters. The summed E-state index contributed by atoms with van der Waals surface area (Å²) in [6, 6.07) is 5.58. The third-order valence-corrected chi connectivity index (χ3v) is 3.31. The summed E-state index contributed by atoms with van der Waals surface area (Å²) in [7, 11) is 0. The quantitative estimate of drug-likeness (QED) is 0.805. The average molecular weight is 278 g/mol. The van der Waals surface area contributed by atoms with Crippen LogP contribution in [-0.2, 0) is 6.42 Å². The molecule has 1 aromatic carbocycles. The molecule has 2 aromatic rings. The van der Waals surface area contributed by atoms with Gasteiger partial charge in [0, 0.05) is 11.4 Å². The van der Waals surface area contributed by atoms with Crippen molar-refractivity contribution in [1.82, 2.24) is 15.0 Å². The number of carbonyl (C=O) groups excluding carboxylic acids is 1. The van der Waals surface area contributed by atoms with Gasteiger partial charge < -0.3 is 0 Å². The van der Waals surface area contributed by atoms with Crippen molar-refractivity contribution in [2.24, 2.45) is 0 Å². The van der Waals surface area contributed by atoms with Crippen molar-refractivity contribution >= 4 is 17.4 Å². The molecule has 0 N–H and O–H groups in total. The fourth-order valence-corrected chi connectivity index (χ4v) is 2.28. The highest BCUT2D eigenvalue weighted by molar-refractivity contribution is 6.30. The molecule has 5 heteroatoms. The van der Waals surface area contributed by atoms with E-state index in [4.69, 9.17) is 11.6 Å². The minimum Gasteiger partial charge on any atom is -0.292 e. The van der Waals surface area contributed by atoms with Crippen LogP contribution in [0.15, 0.2) is 18.2 Å². The molecule has 1 heterocycles. The van der Waals surface area contributed by atoms with Crippen LogP contribution in [-0.4, -0.2) is 20.8 Å². The molecule has 0 bridgehead atoms. The number of halogens is 1. The van der Waals surface area contributed by atoms with Crippen molar-refractivity contribution in [1.29, 1.82) is 0 Å². The summed E-state index contributed by atoms with van der Waals surface area (Å²) in [4.78, 5) is 11.8. The van der Waals surface area contributed by atoms with Gasteiger partial charge in [0.15, 0.2) is 11.5 Å². The first-order chi connectivity index (χ1) is 9.08. The summed E-state index contributed by atoms with van der Waals surface area (Å²) < 4.78 is 1.73. The zero-order valence-electron chi connectivity index (χ0n) is 11.3. The molecule has 2 rings (SSSR count). The van der Waals surface area contributed by atoms with E-state index in [9.17, 15) is 4.79 Å². The van der Waals surface area contributed by atoms with Crippen LogP contribution in [0.4, 0.5) is 0 Å². The summed E-state index contributed by atoms with van der Waals surface area (Å²) in [5.74, 6) is 0.0229. The first kappa shape index (κ1) is 13.7. The number of rotatable bonds is 4. The van der Waals surface area contributed by atoms with Gasteiger partial charge in [-0.2, -0.15) is 0 Å². The SMILES string of the molecule is CCC(=O)c1nnn(-c2ccc(Cl)cc2C)c1CC. The van der Waals surface area contributed by atoms with Crippen LogP contribution in [0.25, 0.3) is 5.69 Å². The molecule has 0 aliphatic heterocycles. The van der Waals surface area contributed by atoms with Crippen LogP contribution >= 0.6 is 11.6 Å². The average Bonchev–Trinajstić information content (AvgIpc) is 2.81.